The average Bonchev–Trinajstić information content (AvgIpc) is 1.35. The Morgan fingerprint density at radius 2 is 0.708 bits per heavy atom. The van der Waals surface area contributed by atoms with Gasteiger partial charge in [-0.2, -0.15) is 0 Å². The van der Waals surface area contributed by atoms with Gasteiger partial charge < -0.3 is 14.4 Å². The first-order valence-electron chi connectivity index (χ1n) is 31.5. The molecule has 3 nitrogen and oxygen atoms in total. The van der Waals surface area contributed by atoms with Crippen LogP contribution in [0.4, 0.5) is 34.1 Å². The molecule has 0 bridgehead atoms. The number of benzene rings is 12. The van der Waals surface area contributed by atoms with Crippen LogP contribution in [-0.2, 0) is 16.2 Å². The van der Waals surface area contributed by atoms with Crippen LogP contribution in [0.5, 0.6) is 0 Å². The Morgan fingerprint density at radius 3 is 1.16 bits per heavy atom. The number of nitrogens with zero attached hydrogens (tertiary/aromatic N) is 3. The van der Waals surface area contributed by atoms with Crippen LogP contribution in [0.2, 0.25) is 0 Å². The second-order valence-corrected chi connectivity index (χ2v) is 28.8. The number of anilines is 6. The van der Waals surface area contributed by atoms with Crippen LogP contribution >= 0.6 is 11.3 Å². The van der Waals surface area contributed by atoms with E-state index in [1.807, 2.05) is 11.3 Å². The number of fused-ring (bicyclic) bond motifs is 11. The quantitative estimate of drug-likeness (QED) is 0.147. The molecule has 2 aliphatic rings. The van der Waals surface area contributed by atoms with Crippen molar-refractivity contribution in [3.05, 3.63) is 278 Å². The van der Waals surface area contributed by atoms with Crippen LogP contribution in [0.1, 0.15) is 79.0 Å². The Balaban J connectivity index is 1.13. The lowest BCUT2D eigenvalue weighted by Crippen LogP contribution is -2.61. The van der Waals surface area contributed by atoms with E-state index < -0.39 is 0 Å². The van der Waals surface area contributed by atoms with Gasteiger partial charge in [-0.15, -0.1) is 11.3 Å². The van der Waals surface area contributed by atoms with Gasteiger partial charge in [0.25, 0.3) is 6.71 Å². The molecule has 0 atom stereocenters. The van der Waals surface area contributed by atoms with Crippen LogP contribution in [0, 0.1) is 0 Å². The van der Waals surface area contributed by atoms with Gasteiger partial charge in [-0.3, -0.25) is 0 Å². The minimum absolute atomic E-state index is 0.151. The minimum atomic E-state index is -0.279. The summed E-state index contributed by atoms with van der Waals surface area (Å²) in [5.74, 6) is 0. The lowest BCUT2D eigenvalue weighted by Gasteiger charge is -2.47. The fraction of sp³-hybridized carbons (Fsp3) is 0.143. The Morgan fingerprint density at radius 1 is 0.315 bits per heavy atom. The summed E-state index contributed by atoms with van der Waals surface area (Å²) in [7, 11) is 0. The molecule has 89 heavy (non-hydrogen) atoms. The van der Waals surface area contributed by atoms with Crippen molar-refractivity contribution in [3.8, 4) is 50.2 Å². The van der Waals surface area contributed by atoms with Gasteiger partial charge in [-0.05, 0) is 161 Å². The van der Waals surface area contributed by atoms with Crippen molar-refractivity contribution in [1.82, 2.24) is 4.57 Å². The van der Waals surface area contributed by atoms with Crippen molar-refractivity contribution in [3.63, 3.8) is 0 Å². The molecule has 0 amide bonds. The molecule has 16 rings (SSSR count). The summed E-state index contributed by atoms with van der Waals surface area (Å²) in [6.45, 7) is 21.1. The number of rotatable bonds is 7. The second-order valence-electron chi connectivity index (χ2n) is 27.7. The minimum Gasteiger partial charge on any atom is -0.310 e. The molecule has 2 aromatic heterocycles. The summed E-state index contributed by atoms with van der Waals surface area (Å²) in [6, 6.07) is 99.4. The summed E-state index contributed by atoms with van der Waals surface area (Å²) in [6.07, 6.45) is 0. The fourth-order valence-corrected chi connectivity index (χ4v) is 15.6. The van der Waals surface area contributed by atoms with Crippen molar-refractivity contribution in [2.24, 2.45) is 0 Å². The zero-order valence-electron chi connectivity index (χ0n) is 52.2. The normalized spacial score (nSPS) is 13.2. The highest BCUT2D eigenvalue weighted by molar-refractivity contribution is 7.26. The highest BCUT2D eigenvalue weighted by atomic mass is 32.1. The van der Waals surface area contributed by atoms with Crippen molar-refractivity contribution in [1.29, 1.82) is 0 Å². The number of hydrogen-bond acceptors (Lipinski definition) is 3. The van der Waals surface area contributed by atoms with Gasteiger partial charge in [0.15, 0.2) is 0 Å². The van der Waals surface area contributed by atoms with Gasteiger partial charge in [0.2, 0.25) is 0 Å². The van der Waals surface area contributed by atoms with Gasteiger partial charge in [0.05, 0.1) is 22.4 Å². The van der Waals surface area contributed by atoms with Crippen LogP contribution in [0.15, 0.2) is 261 Å². The highest BCUT2D eigenvalue weighted by Gasteiger charge is 2.47. The molecule has 0 radical (unpaired) electrons. The van der Waals surface area contributed by atoms with E-state index in [0.717, 1.165) is 17.1 Å². The number of aromatic nitrogens is 1. The Hall–Kier alpha value is -9.68. The average molecular weight is 1160 g/mol. The highest BCUT2D eigenvalue weighted by Crippen LogP contribution is 2.56. The van der Waals surface area contributed by atoms with Crippen molar-refractivity contribution >= 4 is 111 Å². The summed E-state index contributed by atoms with van der Waals surface area (Å²) in [4.78, 5) is 5.47. The SMILES string of the molecule is CC(C)(C)c1cc(-c2ccccc2)c(N2c3cc(-n4c5ccccc5c5ccccc54)ccc3B3c4c2cc(C(C)(C)C)cc4N(c2c(-c4ccccc4)cc(C(C)(C)C)cc2-c2ccccc2)c2ccc4sc5ccccc5c4c23)c(-c2ccccc2)c1. The molecule has 0 fully saturated rings. The Bertz CT molecular complexity index is 4960. The molecule has 0 spiro atoms. The fourth-order valence-electron chi connectivity index (χ4n) is 14.5. The first-order valence-corrected chi connectivity index (χ1v) is 32.3. The molecular weight excluding hydrogens is 1090 g/mol. The van der Waals surface area contributed by atoms with Gasteiger partial charge in [-0.25, -0.2) is 0 Å². The molecule has 5 heteroatoms. The van der Waals surface area contributed by atoms with Crippen LogP contribution in [-0.4, -0.2) is 11.3 Å². The van der Waals surface area contributed by atoms with Crippen molar-refractivity contribution < 1.29 is 0 Å². The standard InChI is InChI=1S/C84H70BN3S/c1-82(2,3)57-46-64(53-28-14-10-15-29-53)80(65(47-57)54-30-16-11-17-31-54)87-71-44-45-76-77(63-38-24-27-41-75(63)89-76)79(71)85-68-43-42-60(86-69-39-25-22-36-61(69)62-37-23-26-40-70(62)86)52-72(68)88(74-51-59(84(7,8)9)50-73(87)78(74)85)81-66(55-32-18-12-19-33-55)48-58(83(4,5)6)49-67(81)56-34-20-13-21-35-56/h10-52H,1-9H3. The zero-order chi connectivity index (χ0) is 60.7. The molecular formula is C84H70BN3S. The topological polar surface area (TPSA) is 11.4 Å². The maximum atomic E-state index is 2.74. The lowest BCUT2D eigenvalue weighted by atomic mass is 9.33. The molecule has 12 aromatic carbocycles. The van der Waals surface area contributed by atoms with E-state index in [1.54, 1.807) is 0 Å². The van der Waals surface area contributed by atoms with E-state index in [2.05, 4.69) is 338 Å². The molecule has 0 saturated heterocycles. The third-order valence-electron chi connectivity index (χ3n) is 19.0. The van der Waals surface area contributed by atoms with Crippen molar-refractivity contribution in [2.75, 3.05) is 9.80 Å². The lowest BCUT2D eigenvalue weighted by molar-refractivity contribution is 0.590. The van der Waals surface area contributed by atoms with E-state index in [1.165, 1.54) is 142 Å². The van der Waals surface area contributed by atoms with Gasteiger partial charge in [0.1, 0.15) is 0 Å². The van der Waals surface area contributed by atoms with Crippen molar-refractivity contribution in [2.45, 2.75) is 78.6 Å². The Labute approximate surface area is 527 Å². The van der Waals surface area contributed by atoms with E-state index in [-0.39, 0.29) is 23.0 Å². The molecule has 2 aliphatic heterocycles. The first kappa shape index (κ1) is 54.7. The number of thiophene rings is 1. The summed E-state index contributed by atoms with van der Waals surface area (Å²) >= 11 is 1.91. The Kier molecular flexibility index (Phi) is 12.6. The smallest absolute Gasteiger partial charge is 0.253 e. The molecule has 0 saturated carbocycles. The molecule has 0 unspecified atom stereocenters. The maximum absolute atomic E-state index is 2.74. The largest absolute Gasteiger partial charge is 0.310 e. The van der Waals surface area contributed by atoms with E-state index in [4.69, 9.17) is 0 Å². The third kappa shape index (κ3) is 8.83. The monoisotopic (exact) mass is 1160 g/mol. The van der Waals surface area contributed by atoms with E-state index in [9.17, 15) is 0 Å². The molecule has 4 heterocycles. The number of para-hydroxylation sites is 2. The van der Waals surface area contributed by atoms with Crippen LogP contribution in [0.3, 0.4) is 0 Å². The van der Waals surface area contributed by atoms with Gasteiger partial charge in [0, 0.05) is 70.9 Å². The maximum Gasteiger partial charge on any atom is 0.253 e. The predicted molar refractivity (Wildman–Crippen MR) is 386 cm³/mol. The summed E-state index contributed by atoms with van der Waals surface area (Å²) in [5.41, 5.74) is 27.2. The second kappa shape index (κ2) is 20.5. The third-order valence-corrected chi connectivity index (χ3v) is 20.1. The van der Waals surface area contributed by atoms with E-state index in [0.29, 0.717) is 0 Å². The van der Waals surface area contributed by atoms with Crippen LogP contribution in [0.25, 0.3) is 92.2 Å². The predicted octanol–water partition coefficient (Wildman–Crippen LogP) is 21.8. The van der Waals surface area contributed by atoms with Gasteiger partial charge >= 0.3 is 0 Å². The summed E-state index contributed by atoms with van der Waals surface area (Å²) in [5, 5.41) is 5.09. The van der Waals surface area contributed by atoms with Gasteiger partial charge in [-0.1, -0.05) is 244 Å². The summed E-state index contributed by atoms with van der Waals surface area (Å²) < 4.78 is 5.09. The molecule has 14 aromatic rings. The van der Waals surface area contributed by atoms with E-state index >= 15 is 0 Å². The zero-order valence-corrected chi connectivity index (χ0v) is 53.0. The van der Waals surface area contributed by atoms with Crippen LogP contribution < -0.4 is 26.2 Å². The molecule has 0 aliphatic carbocycles. The first-order chi connectivity index (χ1) is 43.1. The molecule has 430 valence electrons. The molecule has 0 N–H and O–H groups in total. The number of hydrogen-bond donors (Lipinski definition) is 0.